The molecule has 0 saturated carbocycles. The fraction of sp³-hybridized carbons (Fsp3) is 0.609. The summed E-state index contributed by atoms with van der Waals surface area (Å²) in [6, 6.07) is 6.85. The van der Waals surface area contributed by atoms with E-state index in [1.54, 1.807) is 30.5 Å². The number of methoxy groups -OCH3 is 1. The van der Waals surface area contributed by atoms with E-state index < -0.39 is 0 Å². The van der Waals surface area contributed by atoms with Gasteiger partial charge in [-0.25, -0.2) is 10.2 Å². The third-order valence-corrected chi connectivity index (χ3v) is 4.74. The van der Waals surface area contributed by atoms with Gasteiger partial charge in [-0.05, 0) is 24.1 Å². The molecule has 1 amide bonds. The van der Waals surface area contributed by atoms with Crippen molar-refractivity contribution in [3.63, 3.8) is 0 Å². The van der Waals surface area contributed by atoms with E-state index in [0.717, 1.165) is 18.4 Å². The molecule has 0 fully saturated rings. The van der Waals surface area contributed by atoms with Gasteiger partial charge in [0.05, 0.1) is 18.9 Å². The van der Waals surface area contributed by atoms with Crippen LogP contribution in [0.5, 0.6) is 0 Å². The highest BCUT2D eigenvalue weighted by Gasteiger charge is 2.03. The summed E-state index contributed by atoms with van der Waals surface area (Å²) in [5.41, 5.74) is 3.85. The lowest BCUT2D eigenvalue weighted by Crippen LogP contribution is -2.16. The lowest BCUT2D eigenvalue weighted by molar-refractivity contribution is -0.121. The molecule has 0 spiro atoms. The van der Waals surface area contributed by atoms with Crippen LogP contribution in [0.4, 0.5) is 0 Å². The zero-order chi connectivity index (χ0) is 20.5. The van der Waals surface area contributed by atoms with E-state index in [1.165, 1.54) is 64.9 Å². The molecule has 28 heavy (non-hydrogen) atoms. The second-order valence-electron chi connectivity index (χ2n) is 7.19. The maximum absolute atomic E-state index is 11.8. The number of nitrogens with one attached hydrogen (secondary N) is 1. The van der Waals surface area contributed by atoms with E-state index in [4.69, 9.17) is 0 Å². The standard InChI is InChI=1S/C23H36N2O3/c1-3-4-5-6-7-8-9-10-11-12-13-14-22(26)25-24-19-20-15-17-21(18-16-20)23(27)28-2/h15-19H,3-14H2,1-2H3,(H,25,26)/b24-19-. The van der Waals surface area contributed by atoms with Crippen molar-refractivity contribution in [2.45, 2.75) is 84.0 Å². The Hall–Kier alpha value is -2.17. The summed E-state index contributed by atoms with van der Waals surface area (Å²) < 4.78 is 4.65. The molecule has 0 atom stereocenters. The number of unbranched alkanes of at least 4 members (excludes halogenated alkanes) is 10. The highest BCUT2D eigenvalue weighted by molar-refractivity contribution is 5.90. The van der Waals surface area contributed by atoms with Crippen molar-refractivity contribution in [2.75, 3.05) is 7.11 Å². The average molecular weight is 389 g/mol. The van der Waals surface area contributed by atoms with Gasteiger partial charge in [0.15, 0.2) is 0 Å². The highest BCUT2D eigenvalue weighted by Crippen LogP contribution is 2.11. The molecule has 5 heteroatoms. The predicted octanol–water partition coefficient (Wildman–Crippen LogP) is 5.62. The fourth-order valence-corrected chi connectivity index (χ4v) is 3.01. The van der Waals surface area contributed by atoms with Gasteiger partial charge in [0.25, 0.3) is 0 Å². The molecule has 0 radical (unpaired) electrons. The van der Waals surface area contributed by atoms with Crippen molar-refractivity contribution in [3.8, 4) is 0 Å². The number of amides is 1. The Balaban J connectivity index is 2.03. The van der Waals surface area contributed by atoms with Crippen LogP contribution in [0.3, 0.4) is 0 Å². The minimum Gasteiger partial charge on any atom is -0.465 e. The minimum absolute atomic E-state index is 0.0571. The van der Waals surface area contributed by atoms with Crippen LogP contribution in [0.15, 0.2) is 29.4 Å². The van der Waals surface area contributed by atoms with Crippen LogP contribution in [0, 0.1) is 0 Å². The number of rotatable bonds is 15. The molecular weight excluding hydrogens is 352 g/mol. The van der Waals surface area contributed by atoms with Crippen LogP contribution in [0.1, 0.15) is 99.9 Å². The first-order chi connectivity index (χ1) is 13.7. The van der Waals surface area contributed by atoms with Crippen LogP contribution >= 0.6 is 0 Å². The van der Waals surface area contributed by atoms with Crippen molar-refractivity contribution in [2.24, 2.45) is 5.10 Å². The van der Waals surface area contributed by atoms with Gasteiger partial charge >= 0.3 is 5.97 Å². The molecule has 0 aromatic heterocycles. The summed E-state index contributed by atoms with van der Waals surface area (Å²) in [7, 11) is 1.35. The lowest BCUT2D eigenvalue weighted by Gasteiger charge is -2.03. The third kappa shape index (κ3) is 11.5. The number of esters is 1. The topological polar surface area (TPSA) is 67.8 Å². The van der Waals surface area contributed by atoms with Gasteiger partial charge < -0.3 is 4.74 Å². The summed E-state index contributed by atoms with van der Waals surface area (Å²) in [6.45, 7) is 2.25. The number of ether oxygens (including phenoxy) is 1. The number of hydrazone groups is 1. The van der Waals surface area contributed by atoms with Crippen LogP contribution in [-0.4, -0.2) is 25.2 Å². The Morgan fingerprint density at radius 3 is 1.96 bits per heavy atom. The number of nitrogens with zero attached hydrogens (tertiary/aromatic N) is 1. The summed E-state index contributed by atoms with van der Waals surface area (Å²) in [5, 5.41) is 3.97. The Labute approximate surface area is 169 Å². The molecule has 1 rings (SSSR count). The van der Waals surface area contributed by atoms with Crippen LogP contribution in [0.2, 0.25) is 0 Å². The van der Waals surface area contributed by atoms with Crippen molar-refractivity contribution in [1.82, 2.24) is 5.43 Å². The second-order valence-corrected chi connectivity index (χ2v) is 7.19. The number of carbonyl (C=O) groups is 2. The van der Waals surface area contributed by atoms with Crippen molar-refractivity contribution in [1.29, 1.82) is 0 Å². The van der Waals surface area contributed by atoms with Crippen LogP contribution in [0.25, 0.3) is 0 Å². The quantitative estimate of drug-likeness (QED) is 0.183. The molecule has 0 aliphatic heterocycles. The first-order valence-electron chi connectivity index (χ1n) is 10.7. The van der Waals surface area contributed by atoms with Gasteiger partial charge in [0.1, 0.15) is 0 Å². The number of benzene rings is 1. The summed E-state index contributed by atoms with van der Waals surface area (Å²) >= 11 is 0. The maximum Gasteiger partial charge on any atom is 0.337 e. The Bertz CT molecular complexity index is 582. The molecule has 0 aliphatic rings. The first kappa shape index (κ1) is 23.9. The molecule has 1 aromatic rings. The van der Waals surface area contributed by atoms with Crippen molar-refractivity contribution >= 4 is 18.1 Å². The van der Waals surface area contributed by atoms with Gasteiger partial charge in [-0.15, -0.1) is 0 Å². The molecule has 0 heterocycles. The summed E-state index contributed by atoms with van der Waals surface area (Å²) in [6.07, 6.45) is 16.0. The Kier molecular flexibility index (Phi) is 13.5. The van der Waals surface area contributed by atoms with Crippen molar-refractivity contribution < 1.29 is 14.3 Å². The zero-order valence-corrected chi connectivity index (χ0v) is 17.5. The molecule has 1 aromatic carbocycles. The third-order valence-electron chi connectivity index (χ3n) is 4.74. The number of hydrogen-bond donors (Lipinski definition) is 1. The number of carbonyl (C=O) groups excluding carboxylic acids is 2. The second kappa shape index (κ2) is 15.8. The van der Waals surface area contributed by atoms with E-state index in [1.807, 2.05) is 0 Å². The molecule has 0 saturated heterocycles. The summed E-state index contributed by atoms with van der Waals surface area (Å²) in [5.74, 6) is -0.429. The smallest absolute Gasteiger partial charge is 0.337 e. The minimum atomic E-state index is -0.372. The summed E-state index contributed by atoms with van der Waals surface area (Å²) in [4.78, 5) is 23.2. The number of hydrogen-bond acceptors (Lipinski definition) is 4. The molecule has 0 aliphatic carbocycles. The molecule has 156 valence electrons. The van der Waals surface area contributed by atoms with E-state index in [-0.39, 0.29) is 11.9 Å². The predicted molar refractivity (Wildman–Crippen MR) is 115 cm³/mol. The van der Waals surface area contributed by atoms with E-state index in [0.29, 0.717) is 12.0 Å². The van der Waals surface area contributed by atoms with Gasteiger partial charge in [0.2, 0.25) is 5.91 Å². The zero-order valence-electron chi connectivity index (χ0n) is 17.5. The van der Waals surface area contributed by atoms with Gasteiger partial charge in [-0.3, -0.25) is 4.79 Å². The average Bonchev–Trinajstić information content (AvgIpc) is 2.72. The van der Waals surface area contributed by atoms with Crippen LogP contribution in [-0.2, 0) is 9.53 Å². The first-order valence-corrected chi connectivity index (χ1v) is 10.7. The largest absolute Gasteiger partial charge is 0.465 e. The van der Waals surface area contributed by atoms with E-state index in [9.17, 15) is 9.59 Å². The maximum atomic E-state index is 11.8. The lowest BCUT2D eigenvalue weighted by atomic mass is 10.1. The van der Waals surface area contributed by atoms with Crippen molar-refractivity contribution in [3.05, 3.63) is 35.4 Å². The molecule has 5 nitrogen and oxygen atoms in total. The Morgan fingerprint density at radius 2 is 1.43 bits per heavy atom. The van der Waals surface area contributed by atoms with Gasteiger partial charge in [0, 0.05) is 6.42 Å². The monoisotopic (exact) mass is 388 g/mol. The van der Waals surface area contributed by atoms with Crippen LogP contribution < -0.4 is 5.43 Å². The van der Waals surface area contributed by atoms with E-state index >= 15 is 0 Å². The SMILES string of the molecule is CCCCCCCCCCCCCC(=O)N/N=C\c1ccc(C(=O)OC)cc1. The molecule has 0 unspecified atom stereocenters. The normalized spacial score (nSPS) is 10.9. The van der Waals surface area contributed by atoms with Gasteiger partial charge in [-0.1, -0.05) is 83.3 Å². The highest BCUT2D eigenvalue weighted by atomic mass is 16.5. The molecule has 1 N–H and O–H groups in total. The molecular formula is C23H36N2O3. The van der Waals surface area contributed by atoms with E-state index in [2.05, 4.69) is 22.2 Å². The molecule has 0 bridgehead atoms. The Morgan fingerprint density at radius 1 is 0.893 bits per heavy atom. The van der Waals surface area contributed by atoms with Gasteiger partial charge in [-0.2, -0.15) is 5.10 Å². The fourth-order valence-electron chi connectivity index (χ4n) is 3.01.